The summed E-state index contributed by atoms with van der Waals surface area (Å²) in [5.41, 5.74) is -1.23. The smallest absolute Gasteiger partial charge is 0.335 e. The van der Waals surface area contributed by atoms with Gasteiger partial charge in [0.05, 0.1) is 34.7 Å². The normalized spacial score (nSPS) is 20.7. The summed E-state index contributed by atoms with van der Waals surface area (Å²) >= 11 is 0. The molecule has 238 valence electrons. The van der Waals surface area contributed by atoms with Gasteiger partial charge in [-0.1, -0.05) is 35.9 Å². The van der Waals surface area contributed by atoms with Crippen LogP contribution in [-0.4, -0.2) is 52.8 Å². The van der Waals surface area contributed by atoms with Crippen LogP contribution in [0.15, 0.2) is 61.7 Å². The number of piperazine rings is 1. The zero-order valence-corrected chi connectivity index (χ0v) is 25.2. The predicted octanol–water partition coefficient (Wildman–Crippen LogP) is 8.25. The van der Waals surface area contributed by atoms with E-state index in [0.29, 0.717) is 31.4 Å². The molecule has 2 aliphatic rings. The third kappa shape index (κ3) is 6.10. The molecule has 0 N–H and O–H groups in total. The molecule has 2 heterocycles. The van der Waals surface area contributed by atoms with E-state index in [9.17, 15) is 35.9 Å². The number of rotatable bonds is 7. The topological polar surface area (TPSA) is 43.9 Å². The number of amides is 3. The van der Waals surface area contributed by atoms with Crippen molar-refractivity contribution in [1.82, 2.24) is 14.7 Å². The van der Waals surface area contributed by atoms with Gasteiger partial charge in [0.1, 0.15) is 0 Å². The van der Waals surface area contributed by atoms with Crippen molar-refractivity contribution in [3.05, 3.63) is 95.1 Å². The molecule has 2 aliphatic heterocycles. The summed E-state index contributed by atoms with van der Waals surface area (Å²) in [5, 5.41) is 0. The average Bonchev–Trinajstić information content (AvgIpc) is 3.21. The van der Waals surface area contributed by atoms with Crippen LogP contribution in [0, 0.1) is 19.3 Å². The van der Waals surface area contributed by atoms with Gasteiger partial charge in [-0.15, -0.1) is 13.2 Å². The van der Waals surface area contributed by atoms with Crippen LogP contribution < -0.4 is 0 Å². The third-order valence-corrected chi connectivity index (χ3v) is 9.03. The molecule has 0 aliphatic carbocycles. The van der Waals surface area contributed by atoms with Gasteiger partial charge >= 0.3 is 18.4 Å². The Labute approximate surface area is 253 Å². The first-order valence-corrected chi connectivity index (χ1v) is 14.4. The van der Waals surface area contributed by atoms with Gasteiger partial charge in [-0.2, -0.15) is 26.3 Å². The zero-order valence-electron chi connectivity index (χ0n) is 25.2. The number of nitrogens with zero attached hydrogens (tertiary/aromatic N) is 3. The molecule has 2 fully saturated rings. The maximum absolute atomic E-state index is 14.2. The second-order valence-electron chi connectivity index (χ2n) is 11.9. The molecule has 0 radical (unpaired) electrons. The van der Waals surface area contributed by atoms with Gasteiger partial charge in [-0.05, 0) is 74.9 Å². The van der Waals surface area contributed by atoms with Crippen molar-refractivity contribution in [2.24, 2.45) is 5.41 Å². The summed E-state index contributed by atoms with van der Waals surface area (Å²) in [5.74, 6) is -0.0467. The Morgan fingerprint density at radius 2 is 1.57 bits per heavy atom. The molecule has 0 saturated carbocycles. The lowest BCUT2D eigenvalue weighted by Crippen LogP contribution is -2.57. The molecule has 1 unspecified atom stereocenters. The third-order valence-electron chi connectivity index (χ3n) is 9.03. The van der Waals surface area contributed by atoms with E-state index in [1.54, 1.807) is 22.0 Å². The highest BCUT2D eigenvalue weighted by atomic mass is 19.4. The van der Waals surface area contributed by atoms with E-state index < -0.39 is 53.1 Å². The number of carbonyl (C=O) groups excluding carboxylic acids is 2. The average molecular weight is 622 g/mol. The van der Waals surface area contributed by atoms with Crippen LogP contribution in [0.25, 0.3) is 0 Å². The number of hydrogen-bond donors (Lipinski definition) is 0. The van der Waals surface area contributed by atoms with Crippen molar-refractivity contribution in [2.45, 2.75) is 70.5 Å². The van der Waals surface area contributed by atoms with Gasteiger partial charge in [0.15, 0.2) is 0 Å². The fraction of sp³-hybridized carbons (Fsp3) is 0.455. The standard InChI is InChI=1S/C33H37F6N3O2/c1-7-11-31(12-8-2)19-27-28(26-10-9-20(3)15-21(26)4)42(14-13-41(27)29(31)43)30(44)40(6)22(5)23-16-24(32(34,35)36)18-25(17-23)33(37,38)39/h7-10,15-18,22,27-28H,1-2,11-14,19H2,3-6H3/t22-,27+,28?/m1/s1. The lowest BCUT2D eigenvalue weighted by atomic mass is 9.76. The number of allylic oxidation sites excluding steroid dienone is 2. The highest BCUT2D eigenvalue weighted by molar-refractivity contribution is 5.87. The largest absolute Gasteiger partial charge is 0.416 e. The summed E-state index contributed by atoms with van der Waals surface area (Å²) in [6, 6.07) is 4.47. The SMILES string of the molecule is C=CCC1(CC=C)C[C@H]2C(c3ccc(C)cc3C)N(C(=O)N(C)[C@H](C)c3cc(C(F)(F)F)cc(C(F)(F)F)c3)CCN2C1=O. The van der Waals surface area contributed by atoms with Crippen molar-refractivity contribution in [1.29, 1.82) is 0 Å². The van der Waals surface area contributed by atoms with Crippen molar-refractivity contribution >= 4 is 11.9 Å². The molecule has 0 spiro atoms. The molecule has 2 aromatic rings. The number of aryl methyl sites for hydroxylation is 2. The van der Waals surface area contributed by atoms with Crippen LogP contribution in [0.1, 0.15) is 71.7 Å². The molecule has 2 aromatic carbocycles. The monoisotopic (exact) mass is 621 g/mol. The zero-order chi connectivity index (χ0) is 32.8. The fourth-order valence-electron chi connectivity index (χ4n) is 6.70. The highest BCUT2D eigenvalue weighted by Crippen LogP contribution is 2.50. The first-order valence-electron chi connectivity index (χ1n) is 14.4. The minimum absolute atomic E-state index is 0.0467. The molecular weight excluding hydrogens is 584 g/mol. The van der Waals surface area contributed by atoms with Crippen LogP contribution in [0.3, 0.4) is 0 Å². The van der Waals surface area contributed by atoms with Crippen LogP contribution in [0.2, 0.25) is 0 Å². The van der Waals surface area contributed by atoms with Crippen LogP contribution in [-0.2, 0) is 17.1 Å². The molecule has 3 atom stereocenters. The number of carbonyl (C=O) groups is 2. The summed E-state index contributed by atoms with van der Waals surface area (Å²) in [7, 11) is 1.37. The summed E-state index contributed by atoms with van der Waals surface area (Å²) < 4.78 is 81.5. The van der Waals surface area contributed by atoms with E-state index in [0.717, 1.165) is 16.7 Å². The molecule has 0 bridgehead atoms. The van der Waals surface area contributed by atoms with E-state index in [1.807, 2.05) is 32.0 Å². The van der Waals surface area contributed by atoms with Gasteiger partial charge < -0.3 is 14.7 Å². The van der Waals surface area contributed by atoms with Gasteiger partial charge in [-0.25, -0.2) is 4.79 Å². The summed E-state index contributed by atoms with van der Waals surface area (Å²) in [6.07, 6.45) is -5.35. The summed E-state index contributed by atoms with van der Waals surface area (Å²) in [4.78, 5) is 32.6. The lowest BCUT2D eigenvalue weighted by Gasteiger charge is -2.47. The predicted molar refractivity (Wildman–Crippen MR) is 156 cm³/mol. The number of fused-ring (bicyclic) bond motifs is 1. The van der Waals surface area contributed by atoms with Crippen molar-refractivity contribution in [2.75, 3.05) is 20.1 Å². The molecular formula is C33H37F6N3O2. The van der Waals surface area contributed by atoms with Crippen LogP contribution >= 0.6 is 0 Å². The Morgan fingerprint density at radius 3 is 2.07 bits per heavy atom. The lowest BCUT2D eigenvalue weighted by molar-refractivity contribution is -0.143. The van der Waals surface area contributed by atoms with Crippen LogP contribution in [0.5, 0.6) is 0 Å². The van der Waals surface area contributed by atoms with E-state index in [1.165, 1.54) is 18.9 Å². The molecule has 3 amide bonds. The van der Waals surface area contributed by atoms with E-state index in [2.05, 4.69) is 13.2 Å². The molecule has 5 nitrogen and oxygen atoms in total. The van der Waals surface area contributed by atoms with Crippen molar-refractivity contribution in [3.63, 3.8) is 0 Å². The highest BCUT2D eigenvalue weighted by Gasteiger charge is 2.56. The number of hydrogen-bond acceptors (Lipinski definition) is 2. The molecule has 4 rings (SSSR count). The van der Waals surface area contributed by atoms with Gasteiger partial charge in [0.25, 0.3) is 0 Å². The minimum atomic E-state index is -5.01. The van der Waals surface area contributed by atoms with E-state index >= 15 is 0 Å². The number of alkyl halides is 6. The Balaban J connectivity index is 1.76. The van der Waals surface area contributed by atoms with Gasteiger partial charge in [0, 0.05) is 20.1 Å². The molecule has 44 heavy (non-hydrogen) atoms. The molecule has 11 heteroatoms. The first-order chi connectivity index (χ1) is 20.4. The second kappa shape index (κ2) is 12.0. The van der Waals surface area contributed by atoms with Crippen LogP contribution in [0.4, 0.5) is 31.1 Å². The fourth-order valence-corrected chi connectivity index (χ4v) is 6.70. The Bertz CT molecular complexity index is 1410. The number of urea groups is 1. The Kier molecular flexibility index (Phi) is 9.01. The summed E-state index contributed by atoms with van der Waals surface area (Å²) in [6.45, 7) is 13.3. The van der Waals surface area contributed by atoms with Crippen molar-refractivity contribution in [3.8, 4) is 0 Å². The maximum Gasteiger partial charge on any atom is 0.416 e. The van der Waals surface area contributed by atoms with E-state index in [-0.39, 0.29) is 30.6 Å². The van der Waals surface area contributed by atoms with Gasteiger partial charge in [0.2, 0.25) is 5.91 Å². The molecule has 0 aromatic heterocycles. The number of halogens is 6. The minimum Gasteiger partial charge on any atom is -0.335 e. The first kappa shape index (κ1) is 33.1. The second-order valence-corrected chi connectivity index (χ2v) is 11.9. The molecule has 2 saturated heterocycles. The quantitative estimate of drug-likeness (QED) is 0.231. The van der Waals surface area contributed by atoms with E-state index in [4.69, 9.17) is 0 Å². The maximum atomic E-state index is 14.2. The van der Waals surface area contributed by atoms with Gasteiger partial charge in [-0.3, -0.25) is 4.79 Å². The van der Waals surface area contributed by atoms with Crippen molar-refractivity contribution < 1.29 is 35.9 Å². The Morgan fingerprint density at radius 1 is 1.00 bits per heavy atom. The Hall–Kier alpha value is -3.76. The number of benzene rings is 2.